The van der Waals surface area contributed by atoms with Crippen molar-refractivity contribution in [1.82, 2.24) is 0 Å². The molecule has 2 rings (SSSR count). The smallest absolute Gasteiger partial charge is 0.159 e. The topological polar surface area (TPSA) is 17.1 Å². The highest BCUT2D eigenvalue weighted by atomic mass is 16.1. The molecular formula is C11H10O. The Morgan fingerprint density at radius 2 is 1.83 bits per heavy atom. The molecule has 1 aromatic carbocycles. The fraction of sp³-hybridized carbons (Fsp3) is 0.182. The summed E-state index contributed by atoms with van der Waals surface area (Å²) in [6.45, 7) is 0. The third kappa shape index (κ3) is 1.30. The molecule has 0 spiro atoms. The van der Waals surface area contributed by atoms with Crippen LogP contribution in [0.3, 0.4) is 0 Å². The lowest BCUT2D eigenvalue weighted by molar-refractivity contribution is -0.118. The second-order valence-electron chi connectivity index (χ2n) is 3.00. The van der Waals surface area contributed by atoms with Crippen LogP contribution in [0.4, 0.5) is 0 Å². The summed E-state index contributed by atoms with van der Waals surface area (Å²) in [4.78, 5) is 11.0. The predicted molar refractivity (Wildman–Crippen MR) is 48.7 cm³/mol. The van der Waals surface area contributed by atoms with Crippen LogP contribution < -0.4 is 0 Å². The molecule has 12 heavy (non-hydrogen) atoms. The molecule has 1 aliphatic carbocycles. The van der Waals surface area contributed by atoms with Gasteiger partial charge in [-0.1, -0.05) is 30.3 Å². The minimum Gasteiger partial charge on any atom is -0.295 e. The first-order valence-electron chi connectivity index (χ1n) is 4.15. The number of carbonyl (C=O) groups is 1. The van der Waals surface area contributed by atoms with Gasteiger partial charge in [0, 0.05) is 6.42 Å². The molecule has 0 amide bonds. The summed E-state index contributed by atoms with van der Waals surface area (Å²) >= 11 is 0. The summed E-state index contributed by atoms with van der Waals surface area (Å²) in [5.74, 6) is 0.304. The highest BCUT2D eigenvalue weighted by molar-refractivity contribution is 6.05. The molecule has 0 aromatic heterocycles. The molecule has 0 heterocycles. The Balaban J connectivity index is 2.23. The van der Waals surface area contributed by atoms with Gasteiger partial charge < -0.3 is 0 Å². The molecule has 0 unspecified atom stereocenters. The molecule has 1 aromatic rings. The molecule has 0 atom stereocenters. The van der Waals surface area contributed by atoms with Gasteiger partial charge in [0.1, 0.15) is 0 Å². The van der Waals surface area contributed by atoms with E-state index in [1.54, 1.807) is 0 Å². The average Bonchev–Trinajstić information content (AvgIpc) is 2.14. The molecule has 60 valence electrons. The van der Waals surface area contributed by atoms with E-state index in [0.717, 1.165) is 24.0 Å². The molecule has 1 nitrogen and oxygen atoms in total. The number of carbonyl (C=O) groups excluding carboxylic acids is 1. The zero-order valence-corrected chi connectivity index (χ0v) is 6.79. The molecule has 1 saturated carbocycles. The minimum atomic E-state index is 0.304. The van der Waals surface area contributed by atoms with Crippen molar-refractivity contribution in [3.8, 4) is 0 Å². The van der Waals surface area contributed by atoms with E-state index in [1.807, 2.05) is 36.4 Å². The number of benzene rings is 1. The number of Topliss-reactive ketones (excluding diaryl/α,β-unsaturated/α-hetero) is 1. The van der Waals surface area contributed by atoms with Crippen LogP contribution >= 0.6 is 0 Å². The largest absolute Gasteiger partial charge is 0.295 e. The maximum absolute atomic E-state index is 11.0. The van der Waals surface area contributed by atoms with E-state index in [9.17, 15) is 4.79 Å². The summed E-state index contributed by atoms with van der Waals surface area (Å²) in [7, 11) is 0. The highest BCUT2D eigenvalue weighted by Gasteiger charge is 2.19. The first-order valence-corrected chi connectivity index (χ1v) is 4.15. The second-order valence-corrected chi connectivity index (χ2v) is 3.00. The Labute approximate surface area is 71.7 Å². The molecule has 1 heteroatoms. The number of allylic oxidation sites excluding steroid dienone is 1. The lowest BCUT2D eigenvalue weighted by Crippen LogP contribution is -2.13. The van der Waals surface area contributed by atoms with Gasteiger partial charge in [-0.3, -0.25) is 4.79 Å². The van der Waals surface area contributed by atoms with E-state index in [1.165, 1.54) is 0 Å². The summed E-state index contributed by atoms with van der Waals surface area (Å²) < 4.78 is 0. The monoisotopic (exact) mass is 158 g/mol. The van der Waals surface area contributed by atoms with Crippen LogP contribution in [0.25, 0.3) is 6.08 Å². The quantitative estimate of drug-likeness (QED) is 0.574. The first-order chi connectivity index (χ1) is 5.86. The third-order valence-electron chi connectivity index (χ3n) is 2.12. The van der Waals surface area contributed by atoms with E-state index < -0.39 is 0 Å². The number of hydrogen-bond donors (Lipinski definition) is 0. The van der Waals surface area contributed by atoms with Crippen LogP contribution in [-0.2, 0) is 4.79 Å². The summed E-state index contributed by atoms with van der Waals surface area (Å²) in [5, 5.41) is 0. The summed E-state index contributed by atoms with van der Waals surface area (Å²) in [6, 6.07) is 9.97. The van der Waals surface area contributed by atoms with Gasteiger partial charge in [0.2, 0.25) is 0 Å². The van der Waals surface area contributed by atoms with E-state index in [-0.39, 0.29) is 0 Å². The van der Waals surface area contributed by atoms with Gasteiger partial charge in [-0.2, -0.15) is 0 Å². The summed E-state index contributed by atoms with van der Waals surface area (Å²) in [6.07, 6.45) is 3.66. The van der Waals surface area contributed by atoms with Crippen LogP contribution in [0.2, 0.25) is 0 Å². The van der Waals surface area contributed by atoms with E-state index in [2.05, 4.69) is 0 Å². The predicted octanol–water partition coefficient (Wildman–Crippen LogP) is 2.43. The van der Waals surface area contributed by atoms with Crippen molar-refractivity contribution >= 4 is 11.9 Å². The van der Waals surface area contributed by atoms with Crippen molar-refractivity contribution in [2.75, 3.05) is 0 Å². The van der Waals surface area contributed by atoms with Crippen molar-refractivity contribution in [1.29, 1.82) is 0 Å². The summed E-state index contributed by atoms with van der Waals surface area (Å²) in [5.41, 5.74) is 2.10. The van der Waals surface area contributed by atoms with Gasteiger partial charge in [-0.25, -0.2) is 0 Å². The minimum absolute atomic E-state index is 0.304. The second kappa shape index (κ2) is 2.94. The highest BCUT2D eigenvalue weighted by Crippen LogP contribution is 2.23. The van der Waals surface area contributed by atoms with Crippen molar-refractivity contribution in [3.63, 3.8) is 0 Å². The first kappa shape index (κ1) is 7.29. The van der Waals surface area contributed by atoms with Gasteiger partial charge in [0.25, 0.3) is 0 Å². The van der Waals surface area contributed by atoms with Crippen LogP contribution in [0.5, 0.6) is 0 Å². The molecule has 0 N–H and O–H groups in total. The number of hydrogen-bond acceptors (Lipinski definition) is 1. The van der Waals surface area contributed by atoms with Gasteiger partial charge in [0.15, 0.2) is 5.78 Å². The Bertz CT molecular complexity index is 322. The molecule has 0 bridgehead atoms. The van der Waals surface area contributed by atoms with Crippen molar-refractivity contribution in [2.24, 2.45) is 0 Å². The Morgan fingerprint density at radius 3 is 2.33 bits per heavy atom. The fourth-order valence-corrected chi connectivity index (χ4v) is 1.27. The molecular weight excluding hydrogens is 148 g/mol. The van der Waals surface area contributed by atoms with Crippen molar-refractivity contribution < 1.29 is 4.79 Å². The molecule has 0 radical (unpaired) electrons. The lowest BCUT2D eigenvalue weighted by atomic mass is 9.89. The molecule has 1 aliphatic rings. The Morgan fingerprint density at radius 1 is 1.08 bits per heavy atom. The Kier molecular flexibility index (Phi) is 1.78. The average molecular weight is 158 g/mol. The standard InChI is InChI=1S/C11H10O/c12-11-7-6-10(11)8-9-4-2-1-3-5-9/h1-5,8H,6-7H2. The van der Waals surface area contributed by atoms with Crippen LogP contribution in [-0.4, -0.2) is 5.78 Å². The Hall–Kier alpha value is -1.37. The maximum atomic E-state index is 11.0. The normalized spacial score (nSPS) is 19.3. The fourth-order valence-electron chi connectivity index (χ4n) is 1.27. The van der Waals surface area contributed by atoms with Gasteiger partial charge in [-0.15, -0.1) is 0 Å². The van der Waals surface area contributed by atoms with Gasteiger partial charge in [-0.05, 0) is 23.6 Å². The van der Waals surface area contributed by atoms with Crippen LogP contribution in [0, 0.1) is 0 Å². The van der Waals surface area contributed by atoms with Gasteiger partial charge >= 0.3 is 0 Å². The third-order valence-corrected chi connectivity index (χ3v) is 2.12. The molecule has 0 aliphatic heterocycles. The zero-order valence-electron chi connectivity index (χ0n) is 6.79. The maximum Gasteiger partial charge on any atom is 0.159 e. The molecule has 0 saturated heterocycles. The zero-order chi connectivity index (χ0) is 8.39. The van der Waals surface area contributed by atoms with Crippen LogP contribution in [0.15, 0.2) is 35.9 Å². The number of ketones is 1. The van der Waals surface area contributed by atoms with E-state index in [4.69, 9.17) is 0 Å². The lowest BCUT2D eigenvalue weighted by Gasteiger charge is -2.14. The van der Waals surface area contributed by atoms with Crippen molar-refractivity contribution in [2.45, 2.75) is 12.8 Å². The van der Waals surface area contributed by atoms with Crippen LogP contribution in [0.1, 0.15) is 18.4 Å². The van der Waals surface area contributed by atoms with E-state index in [0.29, 0.717) is 5.78 Å². The van der Waals surface area contributed by atoms with Crippen molar-refractivity contribution in [3.05, 3.63) is 41.5 Å². The molecule has 1 fully saturated rings. The van der Waals surface area contributed by atoms with E-state index >= 15 is 0 Å². The van der Waals surface area contributed by atoms with Gasteiger partial charge in [0.05, 0.1) is 0 Å². The number of rotatable bonds is 1. The SMILES string of the molecule is O=C1CCC1=Cc1ccccc1.